The van der Waals surface area contributed by atoms with Crippen LogP contribution in [0, 0.1) is 0 Å². The Morgan fingerprint density at radius 2 is 0.857 bits per heavy atom. The van der Waals surface area contributed by atoms with Gasteiger partial charge in [0.25, 0.3) is 0 Å². The monoisotopic (exact) mass is 539 g/mol. The molecule has 2 heterocycles. The van der Waals surface area contributed by atoms with Crippen molar-refractivity contribution in [2.45, 2.75) is 0 Å². The van der Waals surface area contributed by atoms with E-state index in [4.69, 9.17) is 4.42 Å². The lowest BCUT2D eigenvalue weighted by Crippen LogP contribution is -1.92. The molecule has 4 heteroatoms. The summed E-state index contributed by atoms with van der Waals surface area (Å²) in [5.74, 6) is 1.01. The lowest BCUT2D eigenvalue weighted by molar-refractivity contribution is 0.584. The fourth-order valence-electron chi connectivity index (χ4n) is 5.71. The molecule has 0 saturated heterocycles. The number of benzene rings is 6. The minimum atomic E-state index is 0.505. The highest BCUT2D eigenvalue weighted by molar-refractivity contribution is 6.10. The Balaban J connectivity index is 1.09. The van der Waals surface area contributed by atoms with Gasteiger partial charge in [-0.05, 0) is 76.9 Å². The third-order valence-corrected chi connectivity index (χ3v) is 7.82. The molecule has 198 valence electrons. The van der Waals surface area contributed by atoms with E-state index in [0.717, 1.165) is 33.5 Å². The van der Waals surface area contributed by atoms with E-state index in [0.29, 0.717) is 11.8 Å². The van der Waals surface area contributed by atoms with Gasteiger partial charge in [0.15, 0.2) is 0 Å². The number of nitrogens with zero attached hydrogens (tertiary/aromatic N) is 3. The lowest BCUT2D eigenvalue weighted by atomic mass is 10.0. The van der Waals surface area contributed by atoms with Gasteiger partial charge in [0.05, 0.1) is 11.0 Å². The summed E-state index contributed by atoms with van der Waals surface area (Å²) in [4.78, 5) is 0. The topological polar surface area (TPSA) is 43.9 Å². The molecule has 8 aromatic rings. The standard InChI is InChI=1S/C38H25N3O/c1-3-9-26(10-4-1)27-15-19-29(20-16-27)37-39-40-38(42-37)30-21-17-28(18-22-30)31-23-24-36-34(25-31)33-13-7-8-14-35(33)41(36)32-11-5-2-6-12-32/h1-25H. The van der Waals surface area contributed by atoms with E-state index in [1.165, 1.54) is 27.4 Å². The van der Waals surface area contributed by atoms with Gasteiger partial charge in [-0.15, -0.1) is 10.2 Å². The summed E-state index contributed by atoms with van der Waals surface area (Å²) in [5, 5.41) is 11.1. The molecule has 0 spiro atoms. The molecule has 0 N–H and O–H groups in total. The quantitative estimate of drug-likeness (QED) is 0.219. The average molecular weight is 540 g/mol. The van der Waals surface area contributed by atoms with Crippen molar-refractivity contribution >= 4 is 21.8 Å². The van der Waals surface area contributed by atoms with Crippen LogP contribution in [0.25, 0.3) is 72.7 Å². The molecule has 8 rings (SSSR count). The number of fused-ring (bicyclic) bond motifs is 3. The molecule has 0 bridgehead atoms. The Morgan fingerprint density at radius 3 is 1.52 bits per heavy atom. The molecule has 0 radical (unpaired) electrons. The van der Waals surface area contributed by atoms with Crippen LogP contribution < -0.4 is 0 Å². The van der Waals surface area contributed by atoms with Gasteiger partial charge in [-0.3, -0.25) is 0 Å². The van der Waals surface area contributed by atoms with Crippen molar-refractivity contribution in [2.24, 2.45) is 0 Å². The Bertz CT molecular complexity index is 2160. The molecule has 0 unspecified atom stereocenters. The first-order valence-electron chi connectivity index (χ1n) is 14.0. The normalized spacial score (nSPS) is 11.3. The fourth-order valence-corrected chi connectivity index (χ4v) is 5.71. The molecule has 0 aliphatic carbocycles. The zero-order valence-corrected chi connectivity index (χ0v) is 22.7. The molecule has 4 nitrogen and oxygen atoms in total. The molecular formula is C38H25N3O. The van der Waals surface area contributed by atoms with Crippen molar-refractivity contribution in [3.63, 3.8) is 0 Å². The lowest BCUT2D eigenvalue weighted by Gasteiger charge is -2.08. The van der Waals surface area contributed by atoms with E-state index in [1.807, 2.05) is 42.5 Å². The van der Waals surface area contributed by atoms with E-state index in [9.17, 15) is 0 Å². The zero-order valence-electron chi connectivity index (χ0n) is 22.7. The summed E-state index contributed by atoms with van der Waals surface area (Å²) in [6, 6.07) is 52.7. The molecule has 0 amide bonds. The summed E-state index contributed by atoms with van der Waals surface area (Å²) in [7, 11) is 0. The van der Waals surface area contributed by atoms with Crippen molar-refractivity contribution < 1.29 is 4.42 Å². The highest BCUT2D eigenvalue weighted by atomic mass is 16.4. The van der Waals surface area contributed by atoms with Crippen molar-refractivity contribution in [2.75, 3.05) is 0 Å². The maximum atomic E-state index is 6.07. The summed E-state index contributed by atoms with van der Waals surface area (Å²) >= 11 is 0. The molecule has 0 saturated carbocycles. The van der Waals surface area contributed by atoms with Gasteiger partial charge in [0.1, 0.15) is 0 Å². The fraction of sp³-hybridized carbons (Fsp3) is 0. The summed E-state index contributed by atoms with van der Waals surface area (Å²) in [6.45, 7) is 0. The van der Waals surface area contributed by atoms with Gasteiger partial charge in [-0.2, -0.15) is 0 Å². The van der Waals surface area contributed by atoms with Crippen molar-refractivity contribution in [3.05, 3.63) is 152 Å². The van der Waals surface area contributed by atoms with E-state index in [1.54, 1.807) is 0 Å². The minimum absolute atomic E-state index is 0.505. The van der Waals surface area contributed by atoms with Crippen LogP contribution in [0.2, 0.25) is 0 Å². The third kappa shape index (κ3) is 4.18. The third-order valence-electron chi connectivity index (χ3n) is 7.82. The molecule has 42 heavy (non-hydrogen) atoms. The average Bonchev–Trinajstić information content (AvgIpc) is 3.69. The number of aromatic nitrogens is 3. The Labute approximate surface area is 243 Å². The second kappa shape index (κ2) is 10.0. The maximum absolute atomic E-state index is 6.07. The van der Waals surface area contributed by atoms with E-state index < -0.39 is 0 Å². The molecule has 6 aromatic carbocycles. The molecule has 0 aliphatic rings. The molecular weight excluding hydrogens is 514 g/mol. The summed E-state index contributed by atoms with van der Waals surface area (Å²) in [6.07, 6.45) is 0. The summed E-state index contributed by atoms with van der Waals surface area (Å²) < 4.78 is 8.41. The van der Waals surface area contributed by atoms with Crippen LogP contribution in [-0.4, -0.2) is 14.8 Å². The second-order valence-electron chi connectivity index (χ2n) is 10.4. The van der Waals surface area contributed by atoms with Crippen molar-refractivity contribution in [1.29, 1.82) is 0 Å². The van der Waals surface area contributed by atoms with Gasteiger partial charge >= 0.3 is 0 Å². The number of rotatable bonds is 5. The first-order valence-corrected chi connectivity index (χ1v) is 14.0. The van der Waals surface area contributed by atoms with Crippen LogP contribution in [0.5, 0.6) is 0 Å². The number of hydrogen-bond acceptors (Lipinski definition) is 3. The smallest absolute Gasteiger partial charge is 0.248 e. The second-order valence-corrected chi connectivity index (χ2v) is 10.4. The minimum Gasteiger partial charge on any atom is -0.416 e. The number of hydrogen-bond donors (Lipinski definition) is 0. The van der Waals surface area contributed by atoms with E-state index in [-0.39, 0.29) is 0 Å². The molecule has 2 aromatic heterocycles. The van der Waals surface area contributed by atoms with Crippen LogP contribution in [0.3, 0.4) is 0 Å². The molecule has 0 atom stereocenters. The van der Waals surface area contributed by atoms with Crippen LogP contribution in [-0.2, 0) is 0 Å². The van der Waals surface area contributed by atoms with Gasteiger partial charge in [0, 0.05) is 27.6 Å². The van der Waals surface area contributed by atoms with Gasteiger partial charge in [-0.1, -0.05) is 97.1 Å². The van der Waals surface area contributed by atoms with Gasteiger partial charge in [-0.25, -0.2) is 0 Å². The highest BCUT2D eigenvalue weighted by Crippen LogP contribution is 2.35. The van der Waals surface area contributed by atoms with Gasteiger partial charge < -0.3 is 8.98 Å². The Morgan fingerprint density at radius 1 is 0.381 bits per heavy atom. The largest absolute Gasteiger partial charge is 0.416 e. The first kappa shape index (κ1) is 24.1. The van der Waals surface area contributed by atoms with E-state index >= 15 is 0 Å². The van der Waals surface area contributed by atoms with Crippen molar-refractivity contribution in [3.8, 4) is 50.8 Å². The SMILES string of the molecule is c1ccc(-c2ccc(-c3nnc(-c4ccc(-c5ccc6c(c5)c5ccccc5n6-c5ccccc5)cc4)o3)cc2)cc1. The van der Waals surface area contributed by atoms with Crippen LogP contribution >= 0.6 is 0 Å². The first-order chi connectivity index (χ1) is 20.8. The van der Waals surface area contributed by atoms with Gasteiger partial charge in [0.2, 0.25) is 11.8 Å². The molecule has 0 aliphatic heterocycles. The maximum Gasteiger partial charge on any atom is 0.248 e. The van der Waals surface area contributed by atoms with Crippen LogP contribution in [0.1, 0.15) is 0 Å². The molecule has 0 fully saturated rings. The number of para-hydroxylation sites is 2. The predicted octanol–water partition coefficient (Wildman–Crippen LogP) is 9.83. The predicted molar refractivity (Wildman–Crippen MR) is 170 cm³/mol. The Kier molecular flexibility index (Phi) is 5.75. The Hall–Kier alpha value is -5.74. The summed E-state index contributed by atoms with van der Waals surface area (Å²) in [5.41, 5.74) is 9.96. The van der Waals surface area contributed by atoms with E-state index in [2.05, 4.69) is 124 Å². The van der Waals surface area contributed by atoms with Crippen molar-refractivity contribution in [1.82, 2.24) is 14.8 Å². The zero-order chi connectivity index (χ0) is 27.9. The van der Waals surface area contributed by atoms with Crippen LogP contribution in [0.15, 0.2) is 156 Å². The van der Waals surface area contributed by atoms with Crippen LogP contribution in [0.4, 0.5) is 0 Å². The highest BCUT2D eigenvalue weighted by Gasteiger charge is 2.14.